The lowest BCUT2D eigenvalue weighted by Gasteiger charge is -2.54. The smallest absolute Gasteiger partial charge is 0.407 e. The van der Waals surface area contributed by atoms with Gasteiger partial charge >= 0.3 is 6.09 Å². The maximum absolute atomic E-state index is 13.3. The molecule has 1 atom stereocenters. The van der Waals surface area contributed by atoms with E-state index in [1.165, 1.54) is 33.8 Å². The van der Waals surface area contributed by atoms with Gasteiger partial charge in [-0.05, 0) is 40.9 Å². The monoisotopic (exact) mass is 671 g/mol. The second kappa shape index (κ2) is 14.4. The number of aromatic nitrogens is 1. The Morgan fingerprint density at radius 1 is 1.04 bits per heavy atom. The number of nitrogens with one attached hydrogen (secondary N) is 1. The van der Waals surface area contributed by atoms with Gasteiger partial charge < -0.3 is 24.3 Å². The number of nitrogens with zero attached hydrogens (tertiary/aromatic N) is 4. The molecule has 2 aliphatic heterocycles. The zero-order valence-corrected chi connectivity index (χ0v) is 28.1. The topological polar surface area (TPSA) is 127 Å². The molecule has 13 heteroatoms. The minimum absolute atomic E-state index is 0.0132. The van der Waals surface area contributed by atoms with Crippen LogP contribution in [0.1, 0.15) is 48.7 Å². The average molecular weight is 672 g/mol. The van der Waals surface area contributed by atoms with E-state index in [1.54, 1.807) is 17.0 Å². The second-order valence-corrected chi connectivity index (χ2v) is 15.0. The summed E-state index contributed by atoms with van der Waals surface area (Å²) in [6, 6.07) is 26.6. The highest BCUT2D eigenvalue weighted by molar-refractivity contribution is 7.14. The molecule has 0 radical (unpaired) electrons. The number of amides is 2. The fourth-order valence-corrected chi connectivity index (χ4v) is 9.41. The van der Waals surface area contributed by atoms with Crippen LogP contribution in [0.25, 0.3) is 0 Å². The van der Waals surface area contributed by atoms with Crippen LogP contribution in [0.2, 0.25) is 0 Å². The third kappa shape index (κ3) is 7.37. The van der Waals surface area contributed by atoms with Gasteiger partial charge in [0.15, 0.2) is 5.13 Å². The van der Waals surface area contributed by atoms with Crippen molar-refractivity contribution in [2.75, 3.05) is 24.5 Å². The largest absolute Gasteiger partial charge is 0.445 e. The number of nitro groups is 1. The lowest BCUT2D eigenvalue weighted by molar-refractivity contribution is -0.384. The fourth-order valence-electron chi connectivity index (χ4n) is 5.90. The van der Waals surface area contributed by atoms with E-state index in [1.807, 2.05) is 17.5 Å². The molecule has 47 heavy (non-hydrogen) atoms. The van der Waals surface area contributed by atoms with Crippen LogP contribution >= 0.6 is 11.3 Å². The van der Waals surface area contributed by atoms with E-state index < -0.39 is 25.8 Å². The molecule has 0 aliphatic carbocycles. The third-order valence-corrected chi connectivity index (χ3v) is 12.1. The molecular weight excluding hydrogens is 635 g/mol. The molecule has 2 saturated heterocycles. The highest BCUT2D eigenvalue weighted by Crippen LogP contribution is 2.42. The highest BCUT2D eigenvalue weighted by Gasteiger charge is 2.49. The number of hydrogen-bond donors (Lipinski definition) is 1. The summed E-state index contributed by atoms with van der Waals surface area (Å²) < 4.78 is 12.5. The van der Waals surface area contributed by atoms with Gasteiger partial charge in [0.05, 0.1) is 11.0 Å². The molecular formula is C34H37N5O6SSi. The van der Waals surface area contributed by atoms with Crippen LogP contribution < -0.4 is 20.6 Å². The van der Waals surface area contributed by atoms with Crippen molar-refractivity contribution in [2.45, 2.75) is 51.0 Å². The number of carbonyl (C=O) groups excluding carboxylic acids is 2. The number of benzene rings is 3. The van der Waals surface area contributed by atoms with Crippen molar-refractivity contribution in [1.82, 2.24) is 15.2 Å². The normalized spacial score (nSPS) is 17.6. The van der Waals surface area contributed by atoms with E-state index in [4.69, 9.17) is 14.1 Å². The van der Waals surface area contributed by atoms with Crippen molar-refractivity contribution in [3.8, 4) is 0 Å². The van der Waals surface area contributed by atoms with E-state index >= 15 is 0 Å². The molecule has 0 bridgehead atoms. The molecule has 3 aromatic carbocycles. The summed E-state index contributed by atoms with van der Waals surface area (Å²) in [6.07, 6.45) is 3.26. The number of thiazole rings is 1. The predicted octanol–water partition coefficient (Wildman–Crippen LogP) is 4.45. The van der Waals surface area contributed by atoms with Crippen molar-refractivity contribution in [3.63, 3.8) is 0 Å². The first kappa shape index (κ1) is 32.4. The lowest BCUT2D eigenvalue weighted by Crippen LogP contribution is -2.66. The van der Waals surface area contributed by atoms with Crippen molar-refractivity contribution >= 4 is 53.6 Å². The average Bonchev–Trinajstić information content (AvgIpc) is 3.55. The third-order valence-electron chi connectivity index (χ3n) is 8.63. The van der Waals surface area contributed by atoms with Gasteiger partial charge in [-0.15, -0.1) is 11.3 Å². The summed E-state index contributed by atoms with van der Waals surface area (Å²) in [5.74, 6) is -0.175. The minimum atomic E-state index is -2.03. The van der Waals surface area contributed by atoms with Crippen LogP contribution in [0.5, 0.6) is 0 Å². The van der Waals surface area contributed by atoms with Crippen LogP contribution in [0.15, 0.2) is 90.3 Å². The number of hydrogen-bond acceptors (Lipinski definition) is 9. The summed E-state index contributed by atoms with van der Waals surface area (Å²) in [7, 11) is -2.03. The summed E-state index contributed by atoms with van der Waals surface area (Å²) in [5, 5.41) is 18.6. The summed E-state index contributed by atoms with van der Waals surface area (Å²) >= 11 is 1.46. The van der Waals surface area contributed by atoms with E-state index in [-0.39, 0.29) is 24.2 Å². The SMILES string of the molecule is CCCCC1(O[SiH](c2ccccc2)c2ccccc2)CCN1c1nc(C(=O)N2CC(NC(=O)OCc3ccc([N+](=O)[O-])cc3)C2)cs1. The van der Waals surface area contributed by atoms with Crippen molar-refractivity contribution in [3.05, 3.63) is 112 Å². The Balaban J connectivity index is 1.06. The molecule has 2 fully saturated rings. The predicted molar refractivity (Wildman–Crippen MR) is 183 cm³/mol. The Labute approximate surface area is 279 Å². The van der Waals surface area contributed by atoms with Gasteiger partial charge in [-0.1, -0.05) is 74.0 Å². The van der Waals surface area contributed by atoms with Crippen LogP contribution in [0.4, 0.5) is 15.6 Å². The van der Waals surface area contributed by atoms with Crippen molar-refractivity contribution in [2.24, 2.45) is 0 Å². The number of carbonyl (C=O) groups is 2. The van der Waals surface area contributed by atoms with E-state index in [0.29, 0.717) is 24.3 Å². The quantitative estimate of drug-likeness (QED) is 0.126. The lowest BCUT2D eigenvalue weighted by atomic mass is 9.93. The van der Waals surface area contributed by atoms with Crippen LogP contribution in [-0.2, 0) is 15.8 Å². The maximum atomic E-state index is 13.3. The number of likely N-dealkylation sites (tertiary alicyclic amines) is 1. The second-order valence-electron chi connectivity index (χ2n) is 11.8. The molecule has 2 aliphatic rings. The first-order valence-electron chi connectivity index (χ1n) is 15.8. The Morgan fingerprint density at radius 3 is 2.28 bits per heavy atom. The molecule has 1 unspecified atom stereocenters. The van der Waals surface area contributed by atoms with Gasteiger partial charge in [0.1, 0.15) is 18.0 Å². The fraction of sp³-hybridized carbons (Fsp3) is 0.324. The van der Waals surface area contributed by atoms with E-state index in [2.05, 4.69) is 65.7 Å². The summed E-state index contributed by atoms with van der Waals surface area (Å²) in [5.41, 5.74) is 0.525. The zero-order chi connectivity index (χ0) is 32.8. The standard InChI is InChI=1S/C34H37N5O6SSi/c1-2-3-18-34(45-47(28-10-6-4-7-11-28)29-12-8-5-9-13-29)19-20-38(34)32-36-30(24-46-32)31(40)37-21-26(22-37)35-33(41)44-23-25-14-16-27(17-15-25)39(42)43/h4-17,24,26,47H,2-3,18-23H2,1H3,(H,35,41). The molecule has 11 nitrogen and oxygen atoms in total. The molecule has 3 heterocycles. The molecule has 1 N–H and O–H groups in total. The molecule has 1 aromatic heterocycles. The number of ether oxygens (including phenoxy) is 1. The molecule has 0 spiro atoms. The van der Waals surface area contributed by atoms with Gasteiger partial charge in [0.2, 0.25) is 9.04 Å². The Kier molecular flexibility index (Phi) is 9.94. The minimum Gasteiger partial charge on any atom is -0.445 e. The van der Waals surface area contributed by atoms with Gasteiger partial charge in [-0.3, -0.25) is 14.9 Å². The van der Waals surface area contributed by atoms with Gasteiger partial charge in [0.25, 0.3) is 11.6 Å². The maximum Gasteiger partial charge on any atom is 0.407 e. The number of rotatable bonds is 13. The van der Waals surface area contributed by atoms with Crippen molar-refractivity contribution in [1.29, 1.82) is 0 Å². The molecule has 6 rings (SSSR count). The van der Waals surface area contributed by atoms with Crippen LogP contribution in [-0.4, -0.2) is 67.2 Å². The molecule has 4 aromatic rings. The number of non-ortho nitro benzene ring substituents is 1. The van der Waals surface area contributed by atoms with Crippen LogP contribution in [0.3, 0.4) is 0 Å². The molecule has 244 valence electrons. The number of unbranched alkanes of at least 4 members (excludes halogenated alkanes) is 1. The molecule has 0 saturated carbocycles. The van der Waals surface area contributed by atoms with Crippen molar-refractivity contribution < 1.29 is 23.7 Å². The number of alkyl carbamates (subject to hydrolysis) is 1. The Hall–Kier alpha value is -4.59. The zero-order valence-electron chi connectivity index (χ0n) is 26.1. The van der Waals surface area contributed by atoms with Gasteiger partial charge in [-0.2, -0.15) is 0 Å². The van der Waals surface area contributed by atoms with Crippen LogP contribution in [0, 0.1) is 10.1 Å². The van der Waals surface area contributed by atoms with E-state index in [9.17, 15) is 19.7 Å². The first-order chi connectivity index (χ1) is 22.8. The van der Waals surface area contributed by atoms with E-state index in [0.717, 1.165) is 37.4 Å². The Bertz CT molecular complexity index is 1650. The Morgan fingerprint density at radius 2 is 1.70 bits per heavy atom. The summed E-state index contributed by atoms with van der Waals surface area (Å²) in [6.45, 7) is 3.70. The molecule has 2 amide bonds. The summed E-state index contributed by atoms with van der Waals surface area (Å²) in [4.78, 5) is 44.6. The number of anilines is 1. The van der Waals surface area contributed by atoms with Gasteiger partial charge in [-0.25, -0.2) is 9.78 Å². The highest BCUT2D eigenvalue weighted by atomic mass is 32.1. The van der Waals surface area contributed by atoms with Gasteiger partial charge in [0, 0.05) is 43.6 Å². The first-order valence-corrected chi connectivity index (χ1v) is 18.3. The number of nitro benzene ring substituents is 1.